The van der Waals surface area contributed by atoms with E-state index in [2.05, 4.69) is 10.3 Å². The Morgan fingerprint density at radius 3 is 3.00 bits per heavy atom. The fourth-order valence-electron chi connectivity index (χ4n) is 1.40. The number of amides is 1. The average Bonchev–Trinajstić information content (AvgIpc) is 2.84. The van der Waals surface area contributed by atoms with E-state index >= 15 is 0 Å². The first kappa shape index (κ1) is 13.8. The number of thioether (sulfide) groups is 2. The summed E-state index contributed by atoms with van der Waals surface area (Å²) >= 11 is 9.10. The molecule has 1 aromatic carbocycles. The Labute approximate surface area is 120 Å². The van der Waals surface area contributed by atoms with Gasteiger partial charge in [0.2, 0.25) is 5.91 Å². The summed E-state index contributed by atoms with van der Waals surface area (Å²) in [5.41, 5.74) is 0. The Bertz CT molecular complexity index is 479. The molecule has 0 aromatic heterocycles. The molecule has 96 valence electrons. The van der Waals surface area contributed by atoms with Gasteiger partial charge in [-0.1, -0.05) is 35.5 Å². The van der Waals surface area contributed by atoms with Gasteiger partial charge in [0.25, 0.3) is 0 Å². The van der Waals surface area contributed by atoms with Crippen LogP contribution in [0.4, 0.5) is 0 Å². The minimum atomic E-state index is -0.200. The second-order valence-corrected chi connectivity index (χ2v) is 6.59. The van der Waals surface area contributed by atoms with E-state index in [1.54, 1.807) is 11.8 Å². The smallest absolute Gasteiger partial charge is 0.239 e. The fraction of sp³-hybridized carbons (Fsp3) is 0.333. The molecule has 1 heterocycles. The molecule has 0 spiro atoms. The lowest BCUT2D eigenvalue weighted by molar-refractivity contribution is -0.118. The normalized spacial score (nSPS) is 16.2. The maximum atomic E-state index is 11.9. The maximum Gasteiger partial charge on any atom is 0.239 e. The van der Waals surface area contributed by atoms with Crippen LogP contribution in [0.25, 0.3) is 0 Å². The molecule has 0 bridgehead atoms. The third-order valence-corrected chi connectivity index (χ3v) is 4.84. The summed E-state index contributed by atoms with van der Waals surface area (Å²) < 4.78 is 0. The minimum Gasteiger partial charge on any atom is -0.304 e. The summed E-state index contributed by atoms with van der Waals surface area (Å²) in [4.78, 5) is 17.1. The number of halogens is 1. The lowest BCUT2D eigenvalue weighted by Gasteiger charge is -2.12. The molecule has 1 atom stereocenters. The summed E-state index contributed by atoms with van der Waals surface area (Å²) in [5, 5.41) is 4.03. The molecule has 0 saturated heterocycles. The van der Waals surface area contributed by atoms with Gasteiger partial charge in [0, 0.05) is 10.6 Å². The highest BCUT2D eigenvalue weighted by molar-refractivity contribution is 8.14. The van der Waals surface area contributed by atoms with Crippen molar-refractivity contribution in [1.29, 1.82) is 0 Å². The van der Waals surface area contributed by atoms with Gasteiger partial charge in [0.05, 0.1) is 16.8 Å². The molecule has 0 saturated carbocycles. The predicted octanol–water partition coefficient (Wildman–Crippen LogP) is 3.04. The van der Waals surface area contributed by atoms with E-state index in [0.29, 0.717) is 5.02 Å². The molecule has 1 aliphatic heterocycles. The van der Waals surface area contributed by atoms with E-state index in [-0.39, 0.29) is 11.2 Å². The molecule has 1 N–H and O–H groups in total. The molecule has 6 heteroatoms. The lowest BCUT2D eigenvalue weighted by atomic mass is 10.4. The van der Waals surface area contributed by atoms with Crippen molar-refractivity contribution in [2.75, 3.05) is 12.3 Å². The summed E-state index contributed by atoms with van der Waals surface area (Å²) in [6.07, 6.45) is 0. The van der Waals surface area contributed by atoms with Gasteiger partial charge in [-0.15, -0.1) is 11.8 Å². The Balaban J connectivity index is 1.93. The number of aliphatic imine (C=N–C) groups is 1. The van der Waals surface area contributed by atoms with E-state index in [4.69, 9.17) is 11.6 Å². The van der Waals surface area contributed by atoms with Crippen molar-refractivity contribution in [3.63, 3.8) is 0 Å². The van der Waals surface area contributed by atoms with Crippen molar-refractivity contribution in [2.24, 2.45) is 4.99 Å². The molecular formula is C12H13ClN2OS2. The number of hydrogen-bond acceptors (Lipinski definition) is 4. The van der Waals surface area contributed by atoms with Crippen LogP contribution in [0.15, 0.2) is 34.2 Å². The second-order valence-electron chi connectivity index (χ2n) is 3.72. The highest BCUT2D eigenvalue weighted by Crippen LogP contribution is 2.30. The molecule has 0 fully saturated rings. The molecule has 0 aliphatic carbocycles. The van der Waals surface area contributed by atoms with E-state index in [1.807, 2.05) is 31.2 Å². The van der Waals surface area contributed by atoms with Crippen molar-refractivity contribution in [1.82, 2.24) is 5.32 Å². The van der Waals surface area contributed by atoms with E-state index in [0.717, 1.165) is 22.4 Å². The Morgan fingerprint density at radius 1 is 1.56 bits per heavy atom. The van der Waals surface area contributed by atoms with Crippen LogP contribution in [-0.2, 0) is 4.79 Å². The van der Waals surface area contributed by atoms with Gasteiger partial charge in [-0.05, 0) is 19.1 Å². The number of carbonyl (C=O) groups excluding carboxylic acids is 1. The number of benzene rings is 1. The van der Waals surface area contributed by atoms with Crippen molar-refractivity contribution in [2.45, 2.75) is 17.1 Å². The summed E-state index contributed by atoms with van der Waals surface area (Å²) in [6.45, 7) is 2.65. The Kier molecular flexibility index (Phi) is 4.97. The number of amidine groups is 1. The second kappa shape index (κ2) is 6.50. The van der Waals surface area contributed by atoms with Crippen LogP contribution in [0, 0.1) is 0 Å². The Morgan fingerprint density at radius 2 is 2.33 bits per heavy atom. The molecule has 0 radical (unpaired) electrons. The van der Waals surface area contributed by atoms with E-state index in [9.17, 15) is 4.79 Å². The molecular weight excluding hydrogens is 288 g/mol. The van der Waals surface area contributed by atoms with Crippen LogP contribution in [0.3, 0.4) is 0 Å². The number of rotatable bonds is 3. The maximum absolute atomic E-state index is 11.9. The van der Waals surface area contributed by atoms with Crippen molar-refractivity contribution >= 4 is 46.2 Å². The monoisotopic (exact) mass is 300 g/mol. The van der Waals surface area contributed by atoms with Crippen LogP contribution < -0.4 is 5.32 Å². The van der Waals surface area contributed by atoms with Crippen molar-refractivity contribution < 1.29 is 4.79 Å². The van der Waals surface area contributed by atoms with Crippen molar-refractivity contribution in [3.05, 3.63) is 29.3 Å². The number of hydrogen-bond donors (Lipinski definition) is 1. The van der Waals surface area contributed by atoms with Crippen molar-refractivity contribution in [3.8, 4) is 0 Å². The quantitative estimate of drug-likeness (QED) is 0.872. The average molecular weight is 301 g/mol. The lowest BCUT2D eigenvalue weighted by Crippen LogP contribution is -2.33. The van der Waals surface area contributed by atoms with Gasteiger partial charge < -0.3 is 5.32 Å². The molecule has 2 rings (SSSR count). The molecule has 1 amide bonds. The molecule has 1 aromatic rings. The first-order valence-corrected chi connectivity index (χ1v) is 7.80. The first-order valence-electron chi connectivity index (χ1n) is 5.56. The van der Waals surface area contributed by atoms with E-state index in [1.165, 1.54) is 11.8 Å². The van der Waals surface area contributed by atoms with Gasteiger partial charge in [0.15, 0.2) is 5.17 Å². The number of nitrogens with one attached hydrogen (secondary N) is 1. The SMILES string of the molecule is C[C@H](Sc1ccccc1Cl)C(=O)NC1=NCCS1. The van der Waals surface area contributed by atoms with Crippen LogP contribution in [0.1, 0.15) is 6.92 Å². The topological polar surface area (TPSA) is 41.5 Å². The summed E-state index contributed by atoms with van der Waals surface area (Å²) in [6, 6.07) is 7.53. The first-order chi connectivity index (χ1) is 8.66. The largest absolute Gasteiger partial charge is 0.304 e. The highest BCUT2D eigenvalue weighted by atomic mass is 35.5. The third-order valence-electron chi connectivity index (χ3n) is 2.33. The minimum absolute atomic E-state index is 0.0342. The zero-order valence-electron chi connectivity index (χ0n) is 9.85. The van der Waals surface area contributed by atoms with Gasteiger partial charge in [0.1, 0.15) is 0 Å². The molecule has 18 heavy (non-hydrogen) atoms. The summed E-state index contributed by atoms with van der Waals surface area (Å²) in [5.74, 6) is 0.912. The predicted molar refractivity (Wildman–Crippen MR) is 79.7 cm³/mol. The third kappa shape index (κ3) is 3.67. The zero-order valence-corrected chi connectivity index (χ0v) is 12.2. The van der Waals surface area contributed by atoms with Crippen LogP contribution in [-0.4, -0.2) is 28.6 Å². The van der Waals surface area contributed by atoms with Gasteiger partial charge in [-0.2, -0.15) is 0 Å². The highest BCUT2D eigenvalue weighted by Gasteiger charge is 2.18. The number of carbonyl (C=O) groups is 1. The van der Waals surface area contributed by atoms with E-state index < -0.39 is 0 Å². The molecule has 0 unspecified atom stereocenters. The molecule has 3 nitrogen and oxygen atoms in total. The standard InChI is InChI=1S/C12H13ClN2OS2/c1-8(11(16)15-12-14-6-7-17-12)18-10-5-3-2-4-9(10)13/h2-5,8H,6-7H2,1H3,(H,14,15,16)/t8-/m0/s1. The molecule has 1 aliphatic rings. The van der Waals surface area contributed by atoms with Crippen LogP contribution >= 0.6 is 35.1 Å². The van der Waals surface area contributed by atoms with Crippen LogP contribution in [0.2, 0.25) is 5.02 Å². The van der Waals surface area contributed by atoms with Gasteiger partial charge in [-0.3, -0.25) is 9.79 Å². The fourth-order valence-corrected chi connectivity index (χ4v) is 3.29. The zero-order chi connectivity index (χ0) is 13.0. The Hall–Kier alpha value is -0.650. The van der Waals surface area contributed by atoms with Crippen LogP contribution in [0.5, 0.6) is 0 Å². The summed E-state index contributed by atoms with van der Waals surface area (Å²) in [7, 11) is 0. The van der Waals surface area contributed by atoms with Gasteiger partial charge >= 0.3 is 0 Å². The number of nitrogens with zero attached hydrogens (tertiary/aromatic N) is 1. The van der Waals surface area contributed by atoms with Gasteiger partial charge in [-0.25, -0.2) is 0 Å².